The number of aliphatic hydroxyl groups is 1. The summed E-state index contributed by atoms with van der Waals surface area (Å²) in [7, 11) is 1.55. The molecule has 1 aliphatic heterocycles. The van der Waals surface area contributed by atoms with E-state index >= 15 is 0 Å². The molecular weight excluding hydrogens is 418 g/mol. The lowest BCUT2D eigenvalue weighted by molar-refractivity contribution is -0.140. The Balaban J connectivity index is 1.86. The molecular formula is C27H31NO5. The van der Waals surface area contributed by atoms with Crippen LogP contribution in [-0.2, 0) is 27.2 Å². The van der Waals surface area contributed by atoms with Gasteiger partial charge in [0.1, 0.15) is 11.5 Å². The molecule has 6 nitrogen and oxygen atoms in total. The van der Waals surface area contributed by atoms with Crippen LogP contribution in [0, 0.1) is 0 Å². The molecule has 1 amide bonds. The molecule has 174 valence electrons. The molecule has 0 radical (unpaired) electrons. The molecule has 1 atom stereocenters. The van der Waals surface area contributed by atoms with E-state index in [1.165, 1.54) is 16.0 Å². The van der Waals surface area contributed by atoms with Gasteiger partial charge in [0, 0.05) is 24.8 Å². The molecule has 0 bridgehead atoms. The number of amides is 1. The number of hydrogen-bond acceptors (Lipinski definition) is 5. The van der Waals surface area contributed by atoms with E-state index in [0.29, 0.717) is 16.9 Å². The third-order valence-electron chi connectivity index (χ3n) is 6.27. The first-order chi connectivity index (χ1) is 15.9. The molecule has 1 fully saturated rings. The Morgan fingerprint density at radius 1 is 1.09 bits per heavy atom. The van der Waals surface area contributed by atoms with Crippen molar-refractivity contribution in [2.75, 3.05) is 20.3 Å². The average molecular weight is 450 g/mol. The molecule has 0 spiro atoms. The summed E-state index contributed by atoms with van der Waals surface area (Å²) in [5.41, 5.74) is 3.80. The number of ether oxygens (including phenoxy) is 2. The Bertz CT molecular complexity index is 1090. The standard InChI is InChI=1S/C27H31NO5/c1-17(2)33-22-11-7-6-10-21(22)24-23(26(30)27(31)28(24)14-15-32-3)25(29)20-13-12-18-8-4-5-9-19(18)16-20/h6-7,10-13,16-17,24,29H,4-5,8-9,14-15H2,1-3H3/b25-23+. The van der Waals surface area contributed by atoms with Crippen molar-refractivity contribution < 1.29 is 24.2 Å². The van der Waals surface area contributed by atoms with Crippen LogP contribution in [0.5, 0.6) is 5.75 Å². The lowest BCUT2D eigenvalue weighted by Crippen LogP contribution is -2.33. The Morgan fingerprint density at radius 3 is 2.55 bits per heavy atom. The first kappa shape index (κ1) is 23.1. The second kappa shape index (κ2) is 9.79. The summed E-state index contributed by atoms with van der Waals surface area (Å²) in [6.45, 7) is 4.34. The van der Waals surface area contributed by atoms with Crippen LogP contribution in [0.2, 0.25) is 0 Å². The molecule has 4 rings (SSSR count). The molecule has 2 aliphatic rings. The summed E-state index contributed by atoms with van der Waals surface area (Å²) in [4.78, 5) is 27.7. The van der Waals surface area contributed by atoms with Gasteiger partial charge in [-0.2, -0.15) is 0 Å². The van der Waals surface area contributed by atoms with E-state index in [4.69, 9.17) is 9.47 Å². The number of methoxy groups -OCH3 is 1. The number of ketones is 1. The maximum atomic E-state index is 13.2. The molecule has 1 aliphatic carbocycles. The molecule has 1 saturated heterocycles. The minimum absolute atomic E-state index is 0.0895. The molecule has 33 heavy (non-hydrogen) atoms. The maximum Gasteiger partial charge on any atom is 0.295 e. The highest BCUT2D eigenvalue weighted by atomic mass is 16.5. The minimum Gasteiger partial charge on any atom is -0.507 e. The number of carbonyl (C=O) groups is 2. The zero-order valence-electron chi connectivity index (χ0n) is 19.5. The first-order valence-electron chi connectivity index (χ1n) is 11.6. The van der Waals surface area contributed by atoms with Crippen LogP contribution in [-0.4, -0.2) is 48.1 Å². The van der Waals surface area contributed by atoms with Gasteiger partial charge >= 0.3 is 0 Å². The van der Waals surface area contributed by atoms with E-state index in [2.05, 4.69) is 0 Å². The number of aliphatic hydroxyl groups excluding tert-OH is 1. The number of aryl methyl sites for hydroxylation is 2. The number of para-hydroxylation sites is 1. The number of benzene rings is 2. The maximum absolute atomic E-state index is 13.2. The minimum atomic E-state index is -0.758. The lowest BCUT2D eigenvalue weighted by Gasteiger charge is -2.27. The largest absolute Gasteiger partial charge is 0.507 e. The Morgan fingerprint density at radius 2 is 1.82 bits per heavy atom. The van der Waals surface area contributed by atoms with Crippen LogP contribution in [0.25, 0.3) is 5.76 Å². The second-order valence-electron chi connectivity index (χ2n) is 8.88. The van der Waals surface area contributed by atoms with E-state index in [1.54, 1.807) is 7.11 Å². The highest BCUT2D eigenvalue weighted by Gasteiger charge is 2.47. The van der Waals surface area contributed by atoms with Gasteiger partial charge in [0.15, 0.2) is 0 Å². The van der Waals surface area contributed by atoms with Gasteiger partial charge < -0.3 is 19.5 Å². The van der Waals surface area contributed by atoms with Gasteiger partial charge in [-0.05, 0) is 62.8 Å². The highest BCUT2D eigenvalue weighted by Crippen LogP contribution is 2.43. The van der Waals surface area contributed by atoms with Crippen LogP contribution in [0.15, 0.2) is 48.0 Å². The smallest absolute Gasteiger partial charge is 0.295 e. The second-order valence-corrected chi connectivity index (χ2v) is 8.88. The van der Waals surface area contributed by atoms with E-state index in [-0.39, 0.29) is 30.6 Å². The lowest BCUT2D eigenvalue weighted by atomic mass is 9.88. The Hall–Kier alpha value is -3.12. The Labute approximate surface area is 194 Å². The van der Waals surface area contributed by atoms with E-state index in [9.17, 15) is 14.7 Å². The van der Waals surface area contributed by atoms with Gasteiger partial charge in [-0.15, -0.1) is 0 Å². The molecule has 0 saturated carbocycles. The predicted octanol–water partition coefficient (Wildman–Crippen LogP) is 4.42. The van der Waals surface area contributed by atoms with E-state index in [0.717, 1.165) is 25.7 Å². The highest BCUT2D eigenvalue weighted by molar-refractivity contribution is 6.46. The fraction of sp³-hybridized carbons (Fsp3) is 0.407. The van der Waals surface area contributed by atoms with Crippen LogP contribution in [0.3, 0.4) is 0 Å². The third-order valence-corrected chi connectivity index (χ3v) is 6.27. The molecule has 0 aromatic heterocycles. The summed E-state index contributed by atoms with van der Waals surface area (Å²) >= 11 is 0. The number of rotatable bonds is 7. The normalized spacial score (nSPS) is 19.8. The zero-order chi connectivity index (χ0) is 23.5. The summed E-state index contributed by atoms with van der Waals surface area (Å²) in [5.74, 6) is -0.897. The summed E-state index contributed by atoms with van der Waals surface area (Å²) in [6.07, 6.45) is 4.16. The number of hydrogen-bond donors (Lipinski definition) is 1. The quantitative estimate of drug-likeness (QED) is 0.385. The molecule has 2 aromatic carbocycles. The molecule has 2 aromatic rings. The number of fused-ring (bicyclic) bond motifs is 1. The first-order valence-corrected chi connectivity index (χ1v) is 11.6. The average Bonchev–Trinajstić information content (AvgIpc) is 3.06. The van der Waals surface area contributed by atoms with Gasteiger partial charge in [0.05, 0.1) is 24.3 Å². The van der Waals surface area contributed by atoms with Crippen molar-refractivity contribution >= 4 is 17.4 Å². The van der Waals surface area contributed by atoms with Crippen molar-refractivity contribution in [3.63, 3.8) is 0 Å². The third kappa shape index (κ3) is 4.53. The number of carbonyl (C=O) groups excluding carboxylic acids is 2. The van der Waals surface area contributed by atoms with Crippen molar-refractivity contribution in [3.05, 3.63) is 70.3 Å². The van der Waals surface area contributed by atoms with Gasteiger partial charge in [-0.25, -0.2) is 0 Å². The van der Waals surface area contributed by atoms with Crippen LogP contribution in [0.1, 0.15) is 55.0 Å². The summed E-state index contributed by atoms with van der Waals surface area (Å²) in [6, 6.07) is 12.4. The van der Waals surface area contributed by atoms with Crippen LogP contribution < -0.4 is 4.74 Å². The van der Waals surface area contributed by atoms with Crippen molar-refractivity contribution in [2.24, 2.45) is 0 Å². The van der Waals surface area contributed by atoms with Crippen molar-refractivity contribution in [2.45, 2.75) is 51.7 Å². The fourth-order valence-corrected chi connectivity index (χ4v) is 4.73. The van der Waals surface area contributed by atoms with E-state index < -0.39 is 17.7 Å². The van der Waals surface area contributed by atoms with Gasteiger partial charge in [0.25, 0.3) is 11.7 Å². The van der Waals surface area contributed by atoms with Gasteiger partial charge in [0.2, 0.25) is 0 Å². The SMILES string of the molecule is COCCN1C(=O)C(=O)/C(=C(/O)c2ccc3c(c2)CCCC3)C1c1ccccc1OC(C)C. The van der Waals surface area contributed by atoms with Crippen molar-refractivity contribution in [1.29, 1.82) is 0 Å². The van der Waals surface area contributed by atoms with Crippen LogP contribution >= 0.6 is 0 Å². The monoisotopic (exact) mass is 449 g/mol. The number of likely N-dealkylation sites (tertiary alicyclic amines) is 1. The summed E-state index contributed by atoms with van der Waals surface area (Å²) in [5, 5.41) is 11.4. The van der Waals surface area contributed by atoms with E-state index in [1.807, 2.05) is 56.3 Å². The molecule has 1 heterocycles. The summed E-state index contributed by atoms with van der Waals surface area (Å²) < 4.78 is 11.2. The zero-order valence-corrected chi connectivity index (χ0v) is 19.5. The van der Waals surface area contributed by atoms with Crippen molar-refractivity contribution in [3.8, 4) is 5.75 Å². The molecule has 1 N–H and O–H groups in total. The van der Waals surface area contributed by atoms with Gasteiger partial charge in [-0.1, -0.05) is 30.3 Å². The number of nitrogens with zero attached hydrogens (tertiary/aromatic N) is 1. The molecule has 6 heteroatoms. The molecule has 1 unspecified atom stereocenters. The topological polar surface area (TPSA) is 76.1 Å². The van der Waals surface area contributed by atoms with Gasteiger partial charge in [-0.3, -0.25) is 9.59 Å². The fourth-order valence-electron chi connectivity index (χ4n) is 4.73. The van der Waals surface area contributed by atoms with Crippen molar-refractivity contribution in [1.82, 2.24) is 4.90 Å². The predicted molar refractivity (Wildman–Crippen MR) is 126 cm³/mol. The van der Waals surface area contributed by atoms with Crippen LogP contribution in [0.4, 0.5) is 0 Å². The number of Topliss-reactive ketones (excluding diaryl/α,β-unsaturated/α-hetero) is 1. The Kier molecular flexibility index (Phi) is 6.84.